The third kappa shape index (κ3) is 7.07. The predicted molar refractivity (Wildman–Crippen MR) is 133 cm³/mol. The number of hydrogen-bond donors (Lipinski definition) is 1. The van der Waals surface area contributed by atoms with E-state index in [0.717, 1.165) is 11.1 Å². The third-order valence-electron chi connectivity index (χ3n) is 5.10. The molecule has 2 heterocycles. The number of carboxylic acid groups (broad SMARTS) is 1. The number of carbonyl (C=O) groups excluding carboxylic acids is 1. The Morgan fingerprint density at radius 2 is 1.14 bits per heavy atom. The van der Waals surface area contributed by atoms with Crippen LogP contribution >= 0.6 is 0 Å². The van der Waals surface area contributed by atoms with E-state index in [-0.39, 0.29) is 22.6 Å². The molecule has 0 aliphatic rings. The van der Waals surface area contributed by atoms with Crippen LogP contribution in [0.5, 0.6) is 0 Å². The van der Waals surface area contributed by atoms with Gasteiger partial charge < -0.3 is 10.0 Å². The van der Waals surface area contributed by atoms with Crippen molar-refractivity contribution in [3.05, 3.63) is 129 Å². The molecular formula is C26H25N5O5. The maximum atomic E-state index is 11.7. The molecule has 4 aromatic rings. The van der Waals surface area contributed by atoms with Crippen LogP contribution in [0.25, 0.3) is 0 Å². The molecule has 36 heavy (non-hydrogen) atoms. The topological polar surface area (TPSA) is 127 Å². The van der Waals surface area contributed by atoms with Gasteiger partial charge in [0.25, 0.3) is 17.0 Å². The van der Waals surface area contributed by atoms with E-state index < -0.39 is 5.97 Å². The predicted octanol–water partition coefficient (Wildman–Crippen LogP) is 1.98. The van der Waals surface area contributed by atoms with Gasteiger partial charge in [-0.3, -0.25) is 23.5 Å². The van der Waals surface area contributed by atoms with Gasteiger partial charge in [-0.05, 0) is 35.4 Å². The molecule has 2 aromatic heterocycles. The summed E-state index contributed by atoms with van der Waals surface area (Å²) in [4.78, 5) is 54.7. The second-order valence-corrected chi connectivity index (χ2v) is 7.99. The van der Waals surface area contributed by atoms with Gasteiger partial charge >= 0.3 is 5.97 Å². The second kappa shape index (κ2) is 12.0. The Balaban J connectivity index is 0.000000202. The fourth-order valence-electron chi connectivity index (χ4n) is 3.15. The first-order valence-corrected chi connectivity index (χ1v) is 10.9. The summed E-state index contributed by atoms with van der Waals surface area (Å²) in [5.74, 6) is -1.000. The molecule has 0 spiro atoms. The van der Waals surface area contributed by atoms with Gasteiger partial charge in [0, 0.05) is 44.2 Å². The molecule has 4 rings (SSSR count). The highest BCUT2D eigenvalue weighted by molar-refractivity contribution is 5.93. The zero-order valence-corrected chi connectivity index (χ0v) is 19.8. The first kappa shape index (κ1) is 25.8. The molecular weight excluding hydrogens is 462 g/mol. The van der Waals surface area contributed by atoms with Crippen LogP contribution in [-0.4, -0.2) is 55.1 Å². The van der Waals surface area contributed by atoms with E-state index in [2.05, 4.69) is 9.97 Å². The summed E-state index contributed by atoms with van der Waals surface area (Å²) in [5, 5.41) is 8.74. The van der Waals surface area contributed by atoms with Gasteiger partial charge in [0.05, 0.1) is 31.3 Å². The van der Waals surface area contributed by atoms with E-state index in [4.69, 9.17) is 5.11 Å². The zero-order chi connectivity index (χ0) is 26.1. The van der Waals surface area contributed by atoms with Gasteiger partial charge in [0.15, 0.2) is 0 Å². The summed E-state index contributed by atoms with van der Waals surface area (Å²) >= 11 is 0. The molecule has 0 atom stereocenters. The fraction of sp³-hybridized carbons (Fsp3) is 0.154. The summed E-state index contributed by atoms with van der Waals surface area (Å²) in [6, 6.07) is 16.4. The molecule has 2 aromatic carbocycles. The minimum Gasteiger partial charge on any atom is -0.478 e. The fourth-order valence-corrected chi connectivity index (χ4v) is 3.15. The van der Waals surface area contributed by atoms with Crippen LogP contribution in [0.3, 0.4) is 0 Å². The molecule has 10 nitrogen and oxygen atoms in total. The molecule has 0 fully saturated rings. The van der Waals surface area contributed by atoms with E-state index in [9.17, 15) is 19.2 Å². The molecule has 0 aliphatic carbocycles. The normalized spacial score (nSPS) is 10.2. The van der Waals surface area contributed by atoms with Gasteiger partial charge in [-0.15, -0.1) is 0 Å². The Hall–Kier alpha value is -4.86. The maximum Gasteiger partial charge on any atom is 0.335 e. The van der Waals surface area contributed by atoms with Crippen molar-refractivity contribution in [3.8, 4) is 0 Å². The maximum absolute atomic E-state index is 11.7. The summed E-state index contributed by atoms with van der Waals surface area (Å²) in [5.41, 5.74) is 2.43. The minimum absolute atomic E-state index is 0.0369. The van der Waals surface area contributed by atoms with Crippen molar-refractivity contribution in [3.63, 3.8) is 0 Å². The lowest BCUT2D eigenvalue weighted by atomic mass is 10.1. The number of aromatic nitrogens is 4. The van der Waals surface area contributed by atoms with Gasteiger partial charge in [-0.2, -0.15) is 0 Å². The summed E-state index contributed by atoms with van der Waals surface area (Å²) in [6.45, 7) is 0.829. The van der Waals surface area contributed by atoms with Crippen LogP contribution in [0, 0.1) is 0 Å². The molecule has 10 heteroatoms. The zero-order valence-electron chi connectivity index (χ0n) is 19.8. The average Bonchev–Trinajstić information content (AvgIpc) is 2.87. The molecule has 0 bridgehead atoms. The lowest BCUT2D eigenvalue weighted by Crippen LogP contribution is -2.22. The van der Waals surface area contributed by atoms with Crippen LogP contribution in [0.4, 0.5) is 0 Å². The molecule has 0 aliphatic heterocycles. The van der Waals surface area contributed by atoms with Gasteiger partial charge in [0.1, 0.15) is 0 Å². The van der Waals surface area contributed by atoms with Crippen molar-refractivity contribution in [2.75, 3.05) is 14.1 Å². The number of benzene rings is 2. The first-order chi connectivity index (χ1) is 17.2. The van der Waals surface area contributed by atoms with E-state index >= 15 is 0 Å². The van der Waals surface area contributed by atoms with Crippen molar-refractivity contribution in [1.82, 2.24) is 24.0 Å². The summed E-state index contributed by atoms with van der Waals surface area (Å²) < 4.78 is 2.97. The summed E-state index contributed by atoms with van der Waals surface area (Å²) in [7, 11) is 3.43. The van der Waals surface area contributed by atoms with Crippen LogP contribution in [0.1, 0.15) is 31.8 Å². The van der Waals surface area contributed by atoms with Crippen LogP contribution in [-0.2, 0) is 13.1 Å². The second-order valence-electron chi connectivity index (χ2n) is 7.99. The number of nitrogens with zero attached hydrogens (tertiary/aromatic N) is 5. The number of aromatic carboxylic acids is 1. The quantitative estimate of drug-likeness (QED) is 0.441. The van der Waals surface area contributed by atoms with Crippen molar-refractivity contribution in [1.29, 1.82) is 0 Å². The first-order valence-electron chi connectivity index (χ1n) is 10.9. The van der Waals surface area contributed by atoms with E-state index in [1.54, 1.807) is 38.4 Å². The van der Waals surface area contributed by atoms with Crippen molar-refractivity contribution in [2.45, 2.75) is 13.1 Å². The molecule has 0 radical (unpaired) electrons. The number of carboxylic acids is 1. The van der Waals surface area contributed by atoms with Gasteiger partial charge in [0.2, 0.25) is 0 Å². The Labute approximate surface area is 206 Å². The monoisotopic (exact) mass is 487 g/mol. The Morgan fingerprint density at radius 3 is 1.50 bits per heavy atom. The Bertz CT molecular complexity index is 1440. The average molecular weight is 488 g/mol. The number of carbonyl (C=O) groups is 2. The number of rotatable bonds is 6. The molecule has 0 saturated carbocycles. The SMILES string of the molecule is CN(C)C(=O)c1ccc(Cn2cnccc2=O)cc1.O=C(O)c1ccc(Cn2cnccc2=O)cc1. The highest BCUT2D eigenvalue weighted by Crippen LogP contribution is 2.07. The molecule has 0 unspecified atom stereocenters. The smallest absolute Gasteiger partial charge is 0.335 e. The minimum atomic E-state index is -0.963. The van der Waals surface area contributed by atoms with Crippen LogP contribution < -0.4 is 11.1 Å². The molecule has 184 valence electrons. The Kier molecular flexibility index (Phi) is 8.60. The highest BCUT2D eigenvalue weighted by Gasteiger charge is 2.07. The molecule has 1 amide bonds. The van der Waals surface area contributed by atoms with Gasteiger partial charge in [-0.1, -0.05) is 24.3 Å². The molecule has 0 saturated heterocycles. The number of amides is 1. The van der Waals surface area contributed by atoms with Crippen LogP contribution in [0.2, 0.25) is 0 Å². The number of hydrogen-bond acceptors (Lipinski definition) is 6. The van der Waals surface area contributed by atoms with Crippen molar-refractivity contribution >= 4 is 11.9 Å². The highest BCUT2D eigenvalue weighted by atomic mass is 16.4. The standard InChI is InChI=1S/C14H15N3O2.C12H10N2O3/c1-16(2)14(19)12-5-3-11(4-6-12)9-17-10-15-8-7-13(17)18;15-11-5-6-13-8-14(11)7-9-1-3-10(4-2-9)12(16)17/h3-8,10H,9H2,1-2H3;1-6,8H,7H2,(H,16,17). The van der Waals surface area contributed by atoms with Crippen molar-refractivity contribution in [2.24, 2.45) is 0 Å². The van der Waals surface area contributed by atoms with Crippen molar-refractivity contribution < 1.29 is 14.7 Å². The van der Waals surface area contributed by atoms with Gasteiger partial charge in [-0.25, -0.2) is 14.8 Å². The Morgan fingerprint density at radius 1 is 0.722 bits per heavy atom. The van der Waals surface area contributed by atoms with E-state index in [0.29, 0.717) is 18.7 Å². The lowest BCUT2D eigenvalue weighted by Gasteiger charge is -2.10. The van der Waals surface area contributed by atoms with E-state index in [1.807, 2.05) is 12.1 Å². The molecule has 1 N–H and O–H groups in total. The lowest BCUT2D eigenvalue weighted by molar-refractivity contribution is 0.0696. The third-order valence-corrected chi connectivity index (χ3v) is 5.10. The van der Waals surface area contributed by atoms with E-state index in [1.165, 1.54) is 63.3 Å². The van der Waals surface area contributed by atoms with Crippen LogP contribution in [0.15, 0.2) is 95.3 Å². The summed E-state index contributed by atoms with van der Waals surface area (Å²) in [6.07, 6.45) is 5.86. The largest absolute Gasteiger partial charge is 0.478 e.